The standard InChI is InChI=1S/C27H30N4O4S2/c1-4-6-7-11-31-26(33)23(37-27(31)36)13-19-17(3)20(14-28)25(32)30(10-5-2)24(19)29-15-18-8-9-21-22(12-18)35-16-34-21/h8-9,12-13,29H,4-7,10-11,15-16H2,1-3H3/b23-13+. The number of fused-ring (bicyclic) bond motifs is 1. The number of nitrogens with zero attached hydrogens (tertiary/aromatic N) is 3. The maximum atomic E-state index is 13.2. The number of benzene rings is 1. The molecule has 0 radical (unpaired) electrons. The van der Waals surface area contributed by atoms with Crippen molar-refractivity contribution in [2.75, 3.05) is 18.7 Å². The van der Waals surface area contributed by atoms with Crippen LogP contribution in [-0.4, -0.2) is 33.0 Å². The minimum absolute atomic E-state index is 0.0757. The molecule has 0 atom stereocenters. The number of ether oxygens (including phenoxy) is 2. The van der Waals surface area contributed by atoms with Crippen LogP contribution in [0.4, 0.5) is 5.82 Å². The van der Waals surface area contributed by atoms with Crippen molar-refractivity contribution in [1.29, 1.82) is 5.26 Å². The van der Waals surface area contributed by atoms with Gasteiger partial charge in [0.15, 0.2) is 11.5 Å². The lowest BCUT2D eigenvalue weighted by atomic mass is 10.0. The van der Waals surface area contributed by atoms with E-state index in [4.69, 9.17) is 21.7 Å². The zero-order valence-electron chi connectivity index (χ0n) is 21.3. The number of thiocarbonyl (C=S) groups is 1. The summed E-state index contributed by atoms with van der Waals surface area (Å²) in [5, 5.41) is 13.2. The summed E-state index contributed by atoms with van der Waals surface area (Å²) in [6.07, 6.45) is 5.43. The number of pyridine rings is 1. The van der Waals surface area contributed by atoms with Gasteiger partial charge in [0, 0.05) is 25.2 Å². The molecule has 0 spiro atoms. The fraction of sp³-hybridized carbons (Fsp3) is 0.407. The minimum atomic E-state index is -0.348. The van der Waals surface area contributed by atoms with E-state index in [0.717, 1.165) is 24.8 Å². The monoisotopic (exact) mass is 538 g/mol. The summed E-state index contributed by atoms with van der Waals surface area (Å²) in [6, 6.07) is 7.75. The van der Waals surface area contributed by atoms with Crippen molar-refractivity contribution >= 4 is 46.1 Å². The van der Waals surface area contributed by atoms with E-state index in [0.29, 0.717) is 63.7 Å². The zero-order valence-corrected chi connectivity index (χ0v) is 22.9. The highest BCUT2D eigenvalue weighted by atomic mass is 32.2. The lowest BCUT2D eigenvalue weighted by molar-refractivity contribution is -0.122. The highest BCUT2D eigenvalue weighted by Gasteiger charge is 2.32. The quantitative estimate of drug-likeness (QED) is 0.251. The lowest BCUT2D eigenvalue weighted by Gasteiger charge is -2.20. The Balaban J connectivity index is 1.74. The van der Waals surface area contributed by atoms with Gasteiger partial charge in [0.05, 0.1) is 4.91 Å². The third kappa shape index (κ3) is 5.53. The molecule has 1 fully saturated rings. The molecule has 1 aromatic heterocycles. The molecule has 2 aliphatic heterocycles. The largest absolute Gasteiger partial charge is 0.454 e. The van der Waals surface area contributed by atoms with Gasteiger partial charge in [-0.15, -0.1) is 0 Å². The van der Waals surface area contributed by atoms with Crippen LogP contribution >= 0.6 is 24.0 Å². The van der Waals surface area contributed by atoms with E-state index in [2.05, 4.69) is 18.3 Å². The van der Waals surface area contributed by atoms with Crippen molar-refractivity contribution in [1.82, 2.24) is 9.47 Å². The van der Waals surface area contributed by atoms with Gasteiger partial charge in [0.1, 0.15) is 21.8 Å². The number of thioether (sulfide) groups is 1. The topological polar surface area (TPSA) is 96.6 Å². The normalized spacial score (nSPS) is 15.5. The number of rotatable bonds is 10. The summed E-state index contributed by atoms with van der Waals surface area (Å²) in [4.78, 5) is 28.6. The van der Waals surface area contributed by atoms with Crippen LogP contribution in [0.2, 0.25) is 0 Å². The Morgan fingerprint density at radius 1 is 1.16 bits per heavy atom. The molecular formula is C27H30N4O4S2. The number of carbonyl (C=O) groups is 1. The van der Waals surface area contributed by atoms with Gasteiger partial charge < -0.3 is 14.8 Å². The average Bonchev–Trinajstić information content (AvgIpc) is 3.46. The van der Waals surface area contributed by atoms with Crippen molar-refractivity contribution in [3.8, 4) is 17.6 Å². The van der Waals surface area contributed by atoms with Crippen LogP contribution in [-0.2, 0) is 17.9 Å². The molecule has 1 N–H and O–H groups in total. The van der Waals surface area contributed by atoms with Crippen molar-refractivity contribution in [2.24, 2.45) is 0 Å². The summed E-state index contributed by atoms with van der Waals surface area (Å²) < 4.78 is 13.0. The van der Waals surface area contributed by atoms with E-state index in [1.807, 2.05) is 25.1 Å². The van der Waals surface area contributed by atoms with Crippen molar-refractivity contribution in [3.05, 3.63) is 55.7 Å². The van der Waals surface area contributed by atoms with E-state index >= 15 is 0 Å². The van der Waals surface area contributed by atoms with E-state index in [1.54, 1.807) is 22.5 Å². The van der Waals surface area contributed by atoms with E-state index in [9.17, 15) is 14.9 Å². The number of carbonyl (C=O) groups excluding carboxylic acids is 1. The summed E-state index contributed by atoms with van der Waals surface area (Å²) in [6.45, 7) is 7.45. The highest BCUT2D eigenvalue weighted by Crippen LogP contribution is 2.36. The summed E-state index contributed by atoms with van der Waals surface area (Å²) in [7, 11) is 0. The maximum Gasteiger partial charge on any atom is 0.270 e. The van der Waals surface area contributed by atoms with Crippen molar-refractivity contribution in [3.63, 3.8) is 0 Å². The third-order valence-corrected chi connectivity index (χ3v) is 7.73. The Bertz CT molecular complexity index is 1360. The SMILES string of the molecule is CCCCCN1C(=O)/C(=C\c2c(C)c(C#N)c(=O)n(CCC)c2NCc2ccc3c(c2)OCO3)SC1=S. The van der Waals surface area contributed by atoms with Crippen molar-refractivity contribution in [2.45, 2.75) is 59.5 Å². The van der Waals surface area contributed by atoms with Gasteiger partial charge in [0.25, 0.3) is 11.5 Å². The van der Waals surface area contributed by atoms with Crippen LogP contribution in [0.1, 0.15) is 61.8 Å². The number of nitriles is 1. The van der Waals surface area contributed by atoms with Gasteiger partial charge in [-0.25, -0.2) is 0 Å². The van der Waals surface area contributed by atoms with Gasteiger partial charge in [-0.05, 0) is 49.1 Å². The summed E-state index contributed by atoms with van der Waals surface area (Å²) >= 11 is 6.76. The molecule has 0 unspecified atom stereocenters. The smallest absolute Gasteiger partial charge is 0.270 e. The number of hydrogen-bond acceptors (Lipinski definition) is 8. The van der Waals surface area contributed by atoms with Gasteiger partial charge >= 0.3 is 0 Å². The molecule has 2 aliphatic rings. The molecular weight excluding hydrogens is 508 g/mol. The second kappa shape index (κ2) is 11.8. The Kier molecular flexibility index (Phi) is 8.56. The lowest BCUT2D eigenvalue weighted by Crippen LogP contribution is -2.29. The molecule has 194 valence electrons. The first kappa shape index (κ1) is 26.8. The number of unbranched alkanes of at least 4 members (excludes halogenated alkanes) is 2. The molecule has 1 aromatic carbocycles. The maximum absolute atomic E-state index is 13.2. The molecule has 10 heteroatoms. The van der Waals surface area contributed by atoms with Crippen LogP contribution in [0.15, 0.2) is 27.9 Å². The number of aromatic nitrogens is 1. The molecule has 1 saturated heterocycles. The fourth-order valence-electron chi connectivity index (χ4n) is 4.37. The van der Waals surface area contributed by atoms with Crippen LogP contribution in [0.25, 0.3) is 6.08 Å². The predicted octanol–water partition coefficient (Wildman–Crippen LogP) is 5.17. The molecule has 3 heterocycles. The second-order valence-corrected chi connectivity index (χ2v) is 10.6. The first-order valence-electron chi connectivity index (χ1n) is 12.4. The van der Waals surface area contributed by atoms with E-state index < -0.39 is 0 Å². The highest BCUT2D eigenvalue weighted by molar-refractivity contribution is 8.26. The Hall–Kier alpha value is -3.29. The van der Waals surface area contributed by atoms with Gasteiger partial charge in [-0.3, -0.25) is 19.1 Å². The molecule has 2 aromatic rings. The molecule has 4 rings (SSSR count). The van der Waals surface area contributed by atoms with Crippen LogP contribution in [0.5, 0.6) is 11.5 Å². The van der Waals surface area contributed by atoms with E-state index in [-0.39, 0.29) is 23.8 Å². The molecule has 8 nitrogen and oxygen atoms in total. The third-order valence-electron chi connectivity index (χ3n) is 6.35. The molecule has 0 saturated carbocycles. The Labute approximate surface area is 226 Å². The van der Waals surface area contributed by atoms with Crippen LogP contribution in [0, 0.1) is 18.3 Å². The van der Waals surface area contributed by atoms with Gasteiger partial charge in [-0.2, -0.15) is 5.26 Å². The van der Waals surface area contributed by atoms with Crippen LogP contribution in [0.3, 0.4) is 0 Å². The number of anilines is 1. The summed E-state index contributed by atoms with van der Waals surface area (Å²) in [5.41, 5.74) is 1.84. The predicted molar refractivity (Wildman–Crippen MR) is 150 cm³/mol. The average molecular weight is 539 g/mol. The fourth-order valence-corrected chi connectivity index (χ4v) is 5.66. The summed E-state index contributed by atoms with van der Waals surface area (Å²) in [5.74, 6) is 1.80. The number of nitrogens with one attached hydrogen (secondary N) is 1. The molecule has 37 heavy (non-hydrogen) atoms. The Morgan fingerprint density at radius 2 is 1.95 bits per heavy atom. The number of hydrogen-bond donors (Lipinski definition) is 1. The Morgan fingerprint density at radius 3 is 2.68 bits per heavy atom. The van der Waals surface area contributed by atoms with Crippen LogP contribution < -0.4 is 20.3 Å². The van der Waals surface area contributed by atoms with Gasteiger partial charge in [0.2, 0.25) is 6.79 Å². The van der Waals surface area contributed by atoms with Gasteiger partial charge in [-0.1, -0.05) is 56.7 Å². The second-order valence-electron chi connectivity index (χ2n) is 8.91. The zero-order chi connectivity index (χ0) is 26.5. The molecule has 0 aliphatic carbocycles. The first-order valence-corrected chi connectivity index (χ1v) is 13.7. The molecule has 1 amide bonds. The number of amides is 1. The van der Waals surface area contributed by atoms with E-state index in [1.165, 1.54) is 11.8 Å². The molecule has 0 bridgehead atoms. The van der Waals surface area contributed by atoms with Crippen molar-refractivity contribution < 1.29 is 14.3 Å². The first-order chi connectivity index (χ1) is 17.9. The minimum Gasteiger partial charge on any atom is -0.454 e.